The number of aliphatic hydroxyl groups is 1. The predicted octanol–water partition coefficient (Wildman–Crippen LogP) is 1.33. The van der Waals surface area contributed by atoms with Crippen LogP contribution in [0.3, 0.4) is 0 Å². The van der Waals surface area contributed by atoms with Crippen molar-refractivity contribution in [2.45, 2.75) is 12.5 Å². The van der Waals surface area contributed by atoms with Crippen molar-refractivity contribution in [3.8, 4) is 0 Å². The summed E-state index contributed by atoms with van der Waals surface area (Å²) in [5.41, 5.74) is 2.43. The molecule has 1 aromatic carbocycles. The lowest BCUT2D eigenvalue weighted by Gasteiger charge is -2.16. The van der Waals surface area contributed by atoms with E-state index in [-0.39, 0.29) is 18.6 Å². The Balaban J connectivity index is 1.70. The summed E-state index contributed by atoms with van der Waals surface area (Å²) in [6.45, 7) is -0.152. The summed E-state index contributed by atoms with van der Waals surface area (Å²) < 4.78 is 0. The lowest BCUT2D eigenvalue weighted by molar-refractivity contribution is 0.0916. The first kappa shape index (κ1) is 15.9. The van der Waals surface area contributed by atoms with Gasteiger partial charge in [-0.05, 0) is 18.1 Å². The van der Waals surface area contributed by atoms with E-state index in [1.165, 1.54) is 12.4 Å². The van der Waals surface area contributed by atoms with Gasteiger partial charge in [0.1, 0.15) is 0 Å². The SMILES string of the molecule is CNc1ncc(C(=O)N[C@H](CO)Cc2c[nH]c3ccccc23)cn1. The zero-order chi connectivity index (χ0) is 16.9. The van der Waals surface area contributed by atoms with E-state index in [4.69, 9.17) is 0 Å². The number of benzene rings is 1. The Bertz CT molecular complexity index is 828. The van der Waals surface area contributed by atoms with Crippen LogP contribution in [0.2, 0.25) is 0 Å². The normalized spacial score (nSPS) is 12.1. The van der Waals surface area contributed by atoms with Crippen LogP contribution in [0.5, 0.6) is 0 Å². The summed E-state index contributed by atoms with van der Waals surface area (Å²) in [5.74, 6) is 0.139. The van der Waals surface area contributed by atoms with Gasteiger partial charge in [-0.25, -0.2) is 9.97 Å². The second kappa shape index (κ2) is 7.10. The molecular weight excluding hydrogens is 306 g/mol. The molecule has 0 saturated heterocycles. The standard InChI is InChI=1S/C17H19N5O2/c1-18-17-20-8-12(9-21-17)16(24)22-13(10-23)6-11-7-19-15-5-3-2-4-14(11)15/h2-5,7-9,13,19,23H,6,10H2,1H3,(H,22,24)(H,18,20,21)/t13-/m0/s1. The Morgan fingerprint density at radius 3 is 2.75 bits per heavy atom. The highest BCUT2D eigenvalue weighted by Crippen LogP contribution is 2.19. The van der Waals surface area contributed by atoms with E-state index in [1.54, 1.807) is 7.05 Å². The number of carbonyl (C=O) groups is 1. The number of hydrogen-bond acceptors (Lipinski definition) is 5. The van der Waals surface area contributed by atoms with E-state index in [0.29, 0.717) is 17.9 Å². The summed E-state index contributed by atoms with van der Waals surface area (Å²) in [7, 11) is 1.71. The number of aliphatic hydroxyl groups excluding tert-OH is 1. The summed E-state index contributed by atoms with van der Waals surface area (Å²) >= 11 is 0. The molecule has 24 heavy (non-hydrogen) atoms. The number of anilines is 1. The smallest absolute Gasteiger partial charge is 0.254 e. The van der Waals surface area contributed by atoms with Crippen molar-refractivity contribution in [3.05, 3.63) is 54.0 Å². The first-order valence-electron chi connectivity index (χ1n) is 7.67. The summed E-state index contributed by atoms with van der Waals surface area (Å²) in [6, 6.07) is 7.55. The van der Waals surface area contributed by atoms with Crippen molar-refractivity contribution in [1.82, 2.24) is 20.3 Å². The van der Waals surface area contributed by atoms with Crippen LogP contribution in [0.4, 0.5) is 5.95 Å². The molecule has 124 valence electrons. The van der Waals surface area contributed by atoms with Gasteiger partial charge in [-0.2, -0.15) is 0 Å². The highest BCUT2D eigenvalue weighted by Gasteiger charge is 2.16. The Morgan fingerprint density at radius 2 is 2.04 bits per heavy atom. The molecule has 0 fully saturated rings. The lowest BCUT2D eigenvalue weighted by Crippen LogP contribution is -2.39. The number of carbonyl (C=O) groups excluding carboxylic acids is 1. The largest absolute Gasteiger partial charge is 0.394 e. The van der Waals surface area contributed by atoms with E-state index < -0.39 is 0 Å². The average molecular weight is 325 g/mol. The first-order valence-corrected chi connectivity index (χ1v) is 7.67. The number of amides is 1. The molecule has 4 N–H and O–H groups in total. The van der Waals surface area contributed by atoms with Crippen LogP contribution in [0.25, 0.3) is 10.9 Å². The van der Waals surface area contributed by atoms with Crippen LogP contribution in [-0.2, 0) is 6.42 Å². The molecule has 3 aromatic rings. The van der Waals surface area contributed by atoms with E-state index in [9.17, 15) is 9.90 Å². The monoisotopic (exact) mass is 325 g/mol. The molecule has 2 heterocycles. The van der Waals surface area contributed by atoms with E-state index in [2.05, 4.69) is 25.6 Å². The van der Waals surface area contributed by atoms with Crippen LogP contribution in [-0.4, -0.2) is 45.7 Å². The third kappa shape index (κ3) is 3.36. The minimum atomic E-state index is -0.388. The van der Waals surface area contributed by atoms with Gasteiger partial charge < -0.3 is 20.7 Å². The topological polar surface area (TPSA) is 103 Å². The number of nitrogens with zero attached hydrogens (tertiary/aromatic N) is 2. The average Bonchev–Trinajstić information content (AvgIpc) is 3.04. The maximum Gasteiger partial charge on any atom is 0.254 e. The Hall–Kier alpha value is -2.93. The van der Waals surface area contributed by atoms with Crippen LogP contribution < -0.4 is 10.6 Å². The number of aromatic amines is 1. The van der Waals surface area contributed by atoms with E-state index >= 15 is 0 Å². The minimum absolute atomic E-state index is 0.152. The van der Waals surface area contributed by atoms with Crippen molar-refractivity contribution >= 4 is 22.8 Å². The van der Waals surface area contributed by atoms with Crippen molar-refractivity contribution in [3.63, 3.8) is 0 Å². The molecule has 0 radical (unpaired) electrons. The Morgan fingerprint density at radius 1 is 1.29 bits per heavy atom. The maximum absolute atomic E-state index is 12.3. The van der Waals surface area contributed by atoms with Gasteiger partial charge in [-0.3, -0.25) is 4.79 Å². The second-order valence-corrected chi connectivity index (χ2v) is 5.46. The van der Waals surface area contributed by atoms with Gasteiger partial charge in [0.25, 0.3) is 5.91 Å². The first-order chi connectivity index (χ1) is 11.7. The van der Waals surface area contributed by atoms with Gasteiger partial charge in [0.05, 0.1) is 18.2 Å². The fourth-order valence-corrected chi connectivity index (χ4v) is 2.57. The molecule has 0 unspecified atom stereocenters. The molecule has 0 bridgehead atoms. The fourth-order valence-electron chi connectivity index (χ4n) is 2.57. The van der Waals surface area contributed by atoms with E-state index in [0.717, 1.165) is 16.5 Å². The van der Waals surface area contributed by atoms with Crippen LogP contribution >= 0.6 is 0 Å². The molecule has 1 amide bonds. The molecule has 7 nitrogen and oxygen atoms in total. The lowest BCUT2D eigenvalue weighted by atomic mass is 10.1. The number of fused-ring (bicyclic) bond motifs is 1. The summed E-state index contributed by atoms with van der Waals surface area (Å²) in [4.78, 5) is 23.5. The molecule has 0 aliphatic heterocycles. The van der Waals surface area contributed by atoms with Crippen molar-refractivity contribution in [1.29, 1.82) is 0 Å². The third-order valence-corrected chi connectivity index (χ3v) is 3.83. The Kier molecular flexibility index (Phi) is 4.72. The molecule has 0 aliphatic carbocycles. The van der Waals surface area contributed by atoms with Crippen LogP contribution in [0.1, 0.15) is 15.9 Å². The van der Waals surface area contributed by atoms with Gasteiger partial charge in [0.15, 0.2) is 0 Å². The number of hydrogen-bond donors (Lipinski definition) is 4. The molecule has 0 saturated carbocycles. The molecule has 7 heteroatoms. The van der Waals surface area contributed by atoms with Gasteiger partial charge in [0, 0.05) is 36.5 Å². The number of aromatic nitrogens is 3. The molecule has 0 spiro atoms. The maximum atomic E-state index is 12.3. The molecule has 2 aromatic heterocycles. The number of rotatable bonds is 6. The summed E-state index contributed by atoms with van der Waals surface area (Å²) in [6.07, 6.45) is 5.34. The van der Waals surface area contributed by atoms with Gasteiger partial charge >= 0.3 is 0 Å². The van der Waals surface area contributed by atoms with E-state index in [1.807, 2.05) is 30.5 Å². The number of nitrogens with one attached hydrogen (secondary N) is 3. The summed E-state index contributed by atoms with van der Waals surface area (Å²) in [5, 5.41) is 16.3. The van der Waals surface area contributed by atoms with Crippen LogP contribution in [0.15, 0.2) is 42.9 Å². The Labute approximate surface area is 139 Å². The molecular formula is C17H19N5O2. The molecule has 1 atom stereocenters. The highest BCUT2D eigenvalue weighted by molar-refractivity contribution is 5.94. The molecule has 0 aliphatic rings. The van der Waals surface area contributed by atoms with Crippen molar-refractivity contribution < 1.29 is 9.90 Å². The molecule has 3 rings (SSSR count). The zero-order valence-electron chi connectivity index (χ0n) is 13.3. The van der Waals surface area contributed by atoms with Crippen LogP contribution in [0, 0.1) is 0 Å². The fraction of sp³-hybridized carbons (Fsp3) is 0.235. The highest BCUT2D eigenvalue weighted by atomic mass is 16.3. The van der Waals surface area contributed by atoms with Gasteiger partial charge in [-0.15, -0.1) is 0 Å². The van der Waals surface area contributed by atoms with Crippen molar-refractivity contribution in [2.75, 3.05) is 19.0 Å². The predicted molar refractivity (Wildman–Crippen MR) is 91.9 cm³/mol. The third-order valence-electron chi connectivity index (χ3n) is 3.83. The van der Waals surface area contributed by atoms with Crippen molar-refractivity contribution in [2.24, 2.45) is 0 Å². The quantitative estimate of drug-likeness (QED) is 0.547. The number of para-hydroxylation sites is 1. The number of H-pyrrole nitrogens is 1. The zero-order valence-corrected chi connectivity index (χ0v) is 13.3. The second-order valence-electron chi connectivity index (χ2n) is 5.46. The van der Waals surface area contributed by atoms with Gasteiger partial charge in [0.2, 0.25) is 5.95 Å². The minimum Gasteiger partial charge on any atom is -0.394 e. The van der Waals surface area contributed by atoms with Gasteiger partial charge in [-0.1, -0.05) is 18.2 Å².